The van der Waals surface area contributed by atoms with Crippen molar-refractivity contribution in [1.29, 1.82) is 0 Å². The van der Waals surface area contributed by atoms with E-state index in [4.69, 9.17) is 9.47 Å². The van der Waals surface area contributed by atoms with Gasteiger partial charge in [-0.15, -0.1) is 11.3 Å². The lowest BCUT2D eigenvalue weighted by molar-refractivity contribution is -0.131. The zero-order valence-corrected chi connectivity index (χ0v) is 22.4. The van der Waals surface area contributed by atoms with Gasteiger partial charge in [0.15, 0.2) is 6.10 Å². The van der Waals surface area contributed by atoms with E-state index in [0.29, 0.717) is 5.00 Å². The Bertz CT molecular complexity index is 1440. The Morgan fingerprint density at radius 1 is 1.11 bits per heavy atom. The highest BCUT2D eigenvalue weighted by molar-refractivity contribution is 7.92. The molecular formula is C26H27N3O7S2. The smallest absolute Gasteiger partial charge is 0.341 e. The molecule has 2 amide bonds. The number of anilines is 2. The van der Waals surface area contributed by atoms with Gasteiger partial charge < -0.3 is 19.7 Å². The SMILES string of the molecule is CCOC(=O)c1cc(-c2ccccc2)sc1NC(=O)C1CN(C(=O)c2cccc(NS(C)(=O)=O)c2)CCO1. The lowest BCUT2D eigenvalue weighted by Gasteiger charge is -2.32. The minimum atomic E-state index is -3.50. The molecule has 0 saturated carbocycles. The highest BCUT2D eigenvalue weighted by atomic mass is 32.2. The molecule has 200 valence electrons. The molecule has 1 saturated heterocycles. The van der Waals surface area contributed by atoms with Gasteiger partial charge in [-0.25, -0.2) is 13.2 Å². The minimum absolute atomic E-state index is 0.0138. The summed E-state index contributed by atoms with van der Waals surface area (Å²) < 4.78 is 36.2. The zero-order valence-electron chi connectivity index (χ0n) is 20.8. The molecule has 10 nitrogen and oxygen atoms in total. The molecular weight excluding hydrogens is 530 g/mol. The van der Waals surface area contributed by atoms with E-state index >= 15 is 0 Å². The number of morpholine rings is 1. The summed E-state index contributed by atoms with van der Waals surface area (Å²) in [5, 5.41) is 3.12. The summed E-state index contributed by atoms with van der Waals surface area (Å²) >= 11 is 1.24. The van der Waals surface area contributed by atoms with E-state index in [2.05, 4.69) is 10.0 Å². The van der Waals surface area contributed by atoms with Crippen LogP contribution in [0.4, 0.5) is 10.7 Å². The molecule has 0 spiro atoms. The van der Waals surface area contributed by atoms with Crippen molar-refractivity contribution >= 4 is 49.8 Å². The van der Waals surface area contributed by atoms with Gasteiger partial charge in [0.05, 0.1) is 31.6 Å². The van der Waals surface area contributed by atoms with Crippen LogP contribution in [0.3, 0.4) is 0 Å². The number of nitrogens with one attached hydrogen (secondary N) is 2. The molecule has 2 heterocycles. The van der Waals surface area contributed by atoms with Crippen LogP contribution in [0.5, 0.6) is 0 Å². The first-order valence-electron chi connectivity index (χ1n) is 11.8. The second kappa shape index (κ2) is 11.8. The molecule has 1 aliphatic heterocycles. The van der Waals surface area contributed by atoms with Crippen molar-refractivity contribution < 1.29 is 32.3 Å². The fourth-order valence-corrected chi connectivity index (χ4v) is 5.50. The van der Waals surface area contributed by atoms with Crippen LogP contribution in [-0.2, 0) is 24.3 Å². The van der Waals surface area contributed by atoms with Crippen molar-refractivity contribution in [2.45, 2.75) is 13.0 Å². The molecule has 3 aromatic rings. The highest BCUT2D eigenvalue weighted by Gasteiger charge is 2.31. The van der Waals surface area contributed by atoms with Crippen LogP contribution in [0.25, 0.3) is 10.4 Å². The van der Waals surface area contributed by atoms with Gasteiger partial charge in [0.2, 0.25) is 10.0 Å². The van der Waals surface area contributed by atoms with Crippen LogP contribution in [0.1, 0.15) is 27.6 Å². The number of nitrogens with zero attached hydrogens (tertiary/aromatic N) is 1. The summed E-state index contributed by atoms with van der Waals surface area (Å²) in [7, 11) is -3.50. The largest absolute Gasteiger partial charge is 0.462 e. The summed E-state index contributed by atoms with van der Waals surface area (Å²) in [6.07, 6.45) is 0.0542. The number of esters is 1. The van der Waals surface area contributed by atoms with Gasteiger partial charge >= 0.3 is 5.97 Å². The minimum Gasteiger partial charge on any atom is -0.462 e. The van der Waals surface area contributed by atoms with Gasteiger partial charge in [0.25, 0.3) is 11.8 Å². The predicted octanol–water partition coefficient (Wildman–Crippen LogP) is 3.44. The van der Waals surface area contributed by atoms with Crippen molar-refractivity contribution in [1.82, 2.24) is 4.90 Å². The highest BCUT2D eigenvalue weighted by Crippen LogP contribution is 2.36. The van der Waals surface area contributed by atoms with Crippen molar-refractivity contribution in [2.24, 2.45) is 0 Å². The van der Waals surface area contributed by atoms with E-state index in [-0.39, 0.29) is 49.0 Å². The fourth-order valence-electron chi connectivity index (χ4n) is 3.89. The summed E-state index contributed by atoms with van der Waals surface area (Å²) in [5.41, 5.74) is 1.67. The molecule has 2 N–H and O–H groups in total. The third kappa shape index (κ3) is 6.77. The number of rotatable bonds is 8. The first-order chi connectivity index (χ1) is 18.1. The number of hydrogen-bond acceptors (Lipinski definition) is 8. The number of hydrogen-bond donors (Lipinski definition) is 2. The molecule has 4 rings (SSSR count). The average Bonchev–Trinajstić information content (AvgIpc) is 3.32. The van der Waals surface area contributed by atoms with Crippen LogP contribution in [0.2, 0.25) is 0 Å². The third-order valence-electron chi connectivity index (χ3n) is 5.58. The number of thiophene rings is 1. The van der Waals surface area contributed by atoms with Crippen molar-refractivity contribution in [2.75, 3.05) is 42.6 Å². The molecule has 0 bridgehead atoms. The van der Waals surface area contributed by atoms with E-state index < -0.39 is 28.0 Å². The molecule has 38 heavy (non-hydrogen) atoms. The number of ether oxygens (including phenoxy) is 2. The Kier molecular flexibility index (Phi) is 8.45. The monoisotopic (exact) mass is 557 g/mol. The van der Waals surface area contributed by atoms with Gasteiger partial charge in [-0.2, -0.15) is 0 Å². The first-order valence-corrected chi connectivity index (χ1v) is 14.5. The molecule has 1 atom stereocenters. The fraction of sp³-hybridized carbons (Fsp3) is 0.269. The van der Waals surface area contributed by atoms with Gasteiger partial charge in [0.1, 0.15) is 5.00 Å². The molecule has 2 aromatic carbocycles. The Balaban J connectivity index is 1.50. The van der Waals surface area contributed by atoms with E-state index in [9.17, 15) is 22.8 Å². The van der Waals surface area contributed by atoms with E-state index in [1.807, 2.05) is 30.3 Å². The van der Waals surface area contributed by atoms with Gasteiger partial charge in [-0.1, -0.05) is 36.4 Å². The van der Waals surface area contributed by atoms with Crippen molar-refractivity contribution in [3.8, 4) is 10.4 Å². The normalized spacial score (nSPS) is 15.5. The number of sulfonamides is 1. The van der Waals surface area contributed by atoms with E-state index in [1.165, 1.54) is 22.3 Å². The number of amides is 2. The second-order valence-corrected chi connectivity index (χ2v) is 11.3. The molecule has 0 aliphatic carbocycles. The van der Waals surface area contributed by atoms with Crippen LogP contribution in [0.15, 0.2) is 60.7 Å². The van der Waals surface area contributed by atoms with Crippen molar-refractivity contribution in [3.05, 3.63) is 71.8 Å². The number of carbonyl (C=O) groups is 3. The lowest BCUT2D eigenvalue weighted by Crippen LogP contribution is -2.50. The van der Waals surface area contributed by atoms with Gasteiger partial charge in [-0.05, 0) is 36.8 Å². The average molecular weight is 558 g/mol. The van der Waals surface area contributed by atoms with Gasteiger partial charge in [-0.3, -0.25) is 14.3 Å². The Morgan fingerprint density at radius 3 is 2.58 bits per heavy atom. The third-order valence-corrected chi connectivity index (χ3v) is 7.29. The topological polar surface area (TPSA) is 131 Å². The lowest BCUT2D eigenvalue weighted by atomic mass is 10.1. The van der Waals surface area contributed by atoms with Gasteiger partial charge in [0, 0.05) is 22.7 Å². The quantitative estimate of drug-likeness (QED) is 0.406. The zero-order chi connectivity index (χ0) is 27.3. The maximum Gasteiger partial charge on any atom is 0.341 e. The standard InChI is InChI=1S/C26H27N3O7S2/c1-3-35-26(32)20-15-22(17-8-5-4-6-9-17)37-24(20)27-23(30)21-16-29(12-13-36-21)25(31)18-10-7-11-19(14-18)28-38(2,33)34/h4-11,14-15,21,28H,3,12-13,16H2,1-2H3,(H,27,30). The van der Waals surface area contributed by atoms with Crippen LogP contribution >= 0.6 is 11.3 Å². The molecule has 1 fully saturated rings. The molecule has 12 heteroatoms. The molecule has 1 unspecified atom stereocenters. The predicted molar refractivity (Wildman–Crippen MR) is 145 cm³/mol. The molecule has 1 aliphatic rings. The van der Waals surface area contributed by atoms with Crippen LogP contribution < -0.4 is 10.0 Å². The van der Waals surface area contributed by atoms with Crippen LogP contribution in [-0.4, -0.2) is 69.8 Å². The second-order valence-electron chi connectivity index (χ2n) is 8.49. The summed E-state index contributed by atoms with van der Waals surface area (Å²) in [6.45, 7) is 2.27. The Morgan fingerprint density at radius 2 is 1.87 bits per heavy atom. The number of carbonyl (C=O) groups excluding carboxylic acids is 3. The Hall–Kier alpha value is -3.74. The summed E-state index contributed by atoms with van der Waals surface area (Å²) in [6, 6.07) is 17.3. The summed E-state index contributed by atoms with van der Waals surface area (Å²) in [5.74, 6) is -1.41. The van der Waals surface area contributed by atoms with Crippen molar-refractivity contribution in [3.63, 3.8) is 0 Å². The Labute approximate surface area is 224 Å². The number of benzene rings is 2. The molecule has 1 aromatic heterocycles. The van der Waals surface area contributed by atoms with Crippen LogP contribution in [0, 0.1) is 0 Å². The summed E-state index contributed by atoms with van der Waals surface area (Å²) in [4.78, 5) is 41.1. The molecule has 0 radical (unpaired) electrons. The maximum absolute atomic E-state index is 13.2. The van der Waals surface area contributed by atoms with E-state index in [0.717, 1.165) is 16.7 Å². The maximum atomic E-state index is 13.2. The first kappa shape index (κ1) is 27.3. The van der Waals surface area contributed by atoms with E-state index in [1.54, 1.807) is 31.2 Å².